The molecule has 3 aromatic rings. The molecule has 4 rings (SSSR count). The van der Waals surface area contributed by atoms with Gasteiger partial charge in [-0.2, -0.15) is 0 Å². The number of esters is 1. The Morgan fingerprint density at radius 3 is 2.21 bits per heavy atom. The number of ether oxygens (including phenoxy) is 2. The van der Waals surface area contributed by atoms with Gasteiger partial charge in [0.2, 0.25) is 0 Å². The lowest BCUT2D eigenvalue weighted by Gasteiger charge is -2.37. The molecule has 170 valence electrons. The standard InChI is InChI=1S/C27H28N2O4/c1-21(26(30)29-17-15-28(16-18-29)24-12-6-3-7-13-24)33-27(31)23-11-8-14-25(19-23)32-20-22-9-4-2-5-10-22/h2-14,19,21H,15-18,20H2,1H3. The Kier molecular flexibility index (Phi) is 7.25. The van der Waals surface area contributed by atoms with Crippen LogP contribution in [0, 0.1) is 0 Å². The van der Waals surface area contributed by atoms with Crippen molar-refractivity contribution in [3.05, 3.63) is 96.1 Å². The monoisotopic (exact) mass is 444 g/mol. The SMILES string of the molecule is CC(OC(=O)c1cccc(OCc2ccccc2)c1)C(=O)N1CCN(c2ccccc2)CC1. The van der Waals surface area contributed by atoms with Crippen molar-refractivity contribution in [3.8, 4) is 5.75 Å². The normalized spacial score (nSPS) is 14.5. The molecular weight excluding hydrogens is 416 g/mol. The maximum absolute atomic E-state index is 12.8. The van der Waals surface area contributed by atoms with Crippen LogP contribution in [0.2, 0.25) is 0 Å². The van der Waals surface area contributed by atoms with Crippen LogP contribution in [0.1, 0.15) is 22.8 Å². The van der Waals surface area contributed by atoms with Gasteiger partial charge in [-0.05, 0) is 42.8 Å². The van der Waals surface area contributed by atoms with E-state index in [4.69, 9.17) is 9.47 Å². The largest absolute Gasteiger partial charge is 0.489 e. The second kappa shape index (κ2) is 10.7. The average molecular weight is 445 g/mol. The maximum atomic E-state index is 12.8. The van der Waals surface area contributed by atoms with Gasteiger partial charge in [-0.25, -0.2) is 4.79 Å². The van der Waals surface area contributed by atoms with Crippen molar-refractivity contribution in [1.82, 2.24) is 4.90 Å². The first kappa shape index (κ1) is 22.4. The lowest BCUT2D eigenvalue weighted by atomic mass is 10.2. The zero-order valence-corrected chi connectivity index (χ0v) is 18.7. The Bertz CT molecular complexity index is 1060. The highest BCUT2D eigenvalue weighted by Gasteiger charge is 2.27. The van der Waals surface area contributed by atoms with Gasteiger partial charge < -0.3 is 19.3 Å². The predicted octanol–water partition coefficient (Wildman–Crippen LogP) is 4.16. The summed E-state index contributed by atoms with van der Waals surface area (Å²) >= 11 is 0. The quantitative estimate of drug-likeness (QED) is 0.512. The van der Waals surface area contributed by atoms with E-state index in [0.29, 0.717) is 31.0 Å². The second-order valence-corrected chi connectivity index (χ2v) is 8.00. The summed E-state index contributed by atoms with van der Waals surface area (Å²) in [6.45, 7) is 4.72. The van der Waals surface area contributed by atoms with E-state index >= 15 is 0 Å². The van der Waals surface area contributed by atoms with Crippen LogP contribution in [0.25, 0.3) is 0 Å². The summed E-state index contributed by atoms with van der Waals surface area (Å²) in [4.78, 5) is 29.5. The van der Waals surface area contributed by atoms with Gasteiger partial charge in [0.25, 0.3) is 5.91 Å². The molecule has 6 heteroatoms. The number of nitrogens with zero attached hydrogens (tertiary/aromatic N) is 2. The van der Waals surface area contributed by atoms with Crippen molar-refractivity contribution in [2.45, 2.75) is 19.6 Å². The van der Waals surface area contributed by atoms with Gasteiger partial charge in [-0.15, -0.1) is 0 Å². The summed E-state index contributed by atoms with van der Waals surface area (Å²) in [7, 11) is 0. The van der Waals surface area contributed by atoms with E-state index in [1.165, 1.54) is 0 Å². The third-order valence-corrected chi connectivity index (χ3v) is 5.66. The van der Waals surface area contributed by atoms with Crippen molar-refractivity contribution in [3.63, 3.8) is 0 Å². The van der Waals surface area contributed by atoms with Gasteiger partial charge in [-0.1, -0.05) is 54.6 Å². The van der Waals surface area contributed by atoms with E-state index < -0.39 is 12.1 Å². The van der Waals surface area contributed by atoms with Crippen LogP contribution in [-0.4, -0.2) is 49.1 Å². The van der Waals surface area contributed by atoms with E-state index in [1.54, 1.807) is 36.1 Å². The number of hydrogen-bond donors (Lipinski definition) is 0. The van der Waals surface area contributed by atoms with E-state index in [0.717, 1.165) is 24.3 Å². The van der Waals surface area contributed by atoms with Gasteiger partial charge in [0.15, 0.2) is 6.10 Å². The number of amides is 1. The van der Waals surface area contributed by atoms with Gasteiger partial charge in [-0.3, -0.25) is 4.79 Å². The molecular formula is C27H28N2O4. The molecule has 0 N–H and O–H groups in total. The molecule has 33 heavy (non-hydrogen) atoms. The number of para-hydroxylation sites is 1. The minimum absolute atomic E-state index is 0.174. The first-order valence-electron chi connectivity index (χ1n) is 11.2. The van der Waals surface area contributed by atoms with Crippen LogP contribution in [-0.2, 0) is 16.1 Å². The fourth-order valence-electron chi connectivity index (χ4n) is 3.81. The van der Waals surface area contributed by atoms with Gasteiger partial charge in [0.05, 0.1) is 5.56 Å². The second-order valence-electron chi connectivity index (χ2n) is 8.00. The first-order valence-corrected chi connectivity index (χ1v) is 11.2. The summed E-state index contributed by atoms with van der Waals surface area (Å²) in [5.74, 6) is -0.138. The molecule has 1 aliphatic rings. The van der Waals surface area contributed by atoms with E-state index in [1.807, 2.05) is 48.5 Å². The molecule has 1 fully saturated rings. The molecule has 1 unspecified atom stereocenters. The highest BCUT2D eigenvalue weighted by atomic mass is 16.5. The minimum atomic E-state index is -0.852. The maximum Gasteiger partial charge on any atom is 0.339 e. The number of benzene rings is 3. The van der Waals surface area contributed by atoms with Gasteiger partial charge in [0, 0.05) is 31.9 Å². The summed E-state index contributed by atoms with van der Waals surface area (Å²) in [6, 6.07) is 26.8. The minimum Gasteiger partial charge on any atom is -0.489 e. The van der Waals surface area contributed by atoms with Gasteiger partial charge in [0.1, 0.15) is 12.4 Å². The number of carbonyl (C=O) groups is 2. The predicted molar refractivity (Wildman–Crippen MR) is 127 cm³/mol. The van der Waals surface area contributed by atoms with Crippen LogP contribution in [0.5, 0.6) is 5.75 Å². The summed E-state index contributed by atoms with van der Waals surface area (Å²) in [5.41, 5.74) is 2.55. The number of anilines is 1. The summed E-state index contributed by atoms with van der Waals surface area (Å²) < 4.78 is 11.3. The molecule has 0 radical (unpaired) electrons. The van der Waals surface area contributed by atoms with E-state index in [9.17, 15) is 9.59 Å². The lowest BCUT2D eigenvalue weighted by molar-refractivity contribution is -0.140. The Hall–Kier alpha value is -3.80. The van der Waals surface area contributed by atoms with Crippen molar-refractivity contribution in [1.29, 1.82) is 0 Å². The number of rotatable bonds is 7. The number of piperazine rings is 1. The molecule has 6 nitrogen and oxygen atoms in total. The molecule has 0 aromatic heterocycles. The van der Waals surface area contributed by atoms with Gasteiger partial charge >= 0.3 is 5.97 Å². The van der Waals surface area contributed by atoms with Crippen LogP contribution < -0.4 is 9.64 Å². The van der Waals surface area contributed by atoms with Crippen molar-refractivity contribution >= 4 is 17.6 Å². The third-order valence-electron chi connectivity index (χ3n) is 5.66. The highest BCUT2D eigenvalue weighted by Crippen LogP contribution is 2.18. The Morgan fingerprint density at radius 2 is 1.52 bits per heavy atom. The first-order chi connectivity index (χ1) is 16.1. The van der Waals surface area contributed by atoms with Crippen LogP contribution >= 0.6 is 0 Å². The molecule has 0 aliphatic carbocycles. The van der Waals surface area contributed by atoms with E-state index in [2.05, 4.69) is 17.0 Å². The molecule has 0 spiro atoms. The molecule has 1 amide bonds. The Labute approximate surface area is 194 Å². The fraction of sp³-hybridized carbons (Fsp3) is 0.259. The van der Waals surface area contributed by atoms with Crippen LogP contribution in [0.3, 0.4) is 0 Å². The molecule has 1 saturated heterocycles. The average Bonchev–Trinajstić information content (AvgIpc) is 2.88. The third kappa shape index (κ3) is 5.92. The van der Waals surface area contributed by atoms with Crippen molar-refractivity contribution in [2.24, 2.45) is 0 Å². The molecule has 1 aliphatic heterocycles. The molecule has 0 saturated carbocycles. The summed E-state index contributed by atoms with van der Waals surface area (Å²) in [5, 5.41) is 0. The van der Waals surface area contributed by atoms with Crippen molar-refractivity contribution in [2.75, 3.05) is 31.1 Å². The zero-order valence-electron chi connectivity index (χ0n) is 18.7. The van der Waals surface area contributed by atoms with Crippen molar-refractivity contribution < 1.29 is 19.1 Å². The van der Waals surface area contributed by atoms with Crippen LogP contribution in [0.4, 0.5) is 5.69 Å². The summed E-state index contributed by atoms with van der Waals surface area (Å²) in [6.07, 6.45) is -0.852. The zero-order chi connectivity index (χ0) is 23.0. The number of hydrogen-bond acceptors (Lipinski definition) is 5. The Morgan fingerprint density at radius 1 is 0.848 bits per heavy atom. The molecule has 3 aromatic carbocycles. The molecule has 0 bridgehead atoms. The van der Waals surface area contributed by atoms with E-state index in [-0.39, 0.29) is 5.91 Å². The molecule has 1 atom stereocenters. The molecule has 1 heterocycles. The highest BCUT2D eigenvalue weighted by molar-refractivity contribution is 5.92. The lowest BCUT2D eigenvalue weighted by Crippen LogP contribution is -2.51. The Balaban J connectivity index is 1.29. The number of carbonyl (C=O) groups excluding carboxylic acids is 2. The smallest absolute Gasteiger partial charge is 0.339 e. The fourth-order valence-corrected chi connectivity index (χ4v) is 3.81. The van der Waals surface area contributed by atoms with Crippen LogP contribution in [0.15, 0.2) is 84.9 Å². The topological polar surface area (TPSA) is 59.1 Å².